The minimum atomic E-state index is 0. The summed E-state index contributed by atoms with van der Waals surface area (Å²) in [6.45, 7) is 12.1. The number of halogens is 1. The van der Waals surface area contributed by atoms with E-state index in [0.717, 1.165) is 57.5 Å². The first-order valence-corrected chi connectivity index (χ1v) is 10.5. The topological polar surface area (TPSA) is 54.3 Å². The van der Waals surface area contributed by atoms with E-state index in [4.69, 9.17) is 4.99 Å². The number of piperidine rings is 1. The van der Waals surface area contributed by atoms with E-state index in [0.29, 0.717) is 11.8 Å². The highest BCUT2D eigenvalue weighted by atomic mass is 127. The molecule has 0 aliphatic carbocycles. The predicted octanol–water partition coefficient (Wildman–Crippen LogP) is 2.97. The Morgan fingerprint density at radius 3 is 2.54 bits per heavy atom. The molecule has 3 rings (SSSR count). The number of likely N-dealkylation sites (tertiary alicyclic amines) is 1. The molecule has 6 nitrogen and oxygen atoms in total. The quantitative estimate of drug-likeness (QED) is 0.369. The minimum Gasteiger partial charge on any atom is -0.506 e. The number of phenolic OH excluding ortho intramolecular Hbond substituents is 1. The molecule has 0 bridgehead atoms. The van der Waals surface area contributed by atoms with Gasteiger partial charge in [-0.3, -0.25) is 9.89 Å². The Hall–Kier alpha value is -1.22. The fourth-order valence-electron chi connectivity index (χ4n) is 4.19. The highest BCUT2D eigenvalue weighted by Crippen LogP contribution is 2.27. The molecule has 2 N–H and O–H groups in total. The van der Waals surface area contributed by atoms with Crippen LogP contribution in [0.15, 0.2) is 29.3 Å². The summed E-state index contributed by atoms with van der Waals surface area (Å²) in [5, 5.41) is 13.6. The molecule has 28 heavy (non-hydrogen) atoms. The maximum Gasteiger partial charge on any atom is 0.194 e. The van der Waals surface area contributed by atoms with Gasteiger partial charge in [0.15, 0.2) is 5.96 Å². The Kier molecular flexibility index (Phi) is 9.64. The molecule has 0 radical (unpaired) electrons. The van der Waals surface area contributed by atoms with Crippen LogP contribution in [0.25, 0.3) is 0 Å². The normalized spacial score (nSPS) is 21.4. The molecule has 0 aromatic heterocycles. The lowest BCUT2D eigenvalue weighted by Gasteiger charge is -2.38. The summed E-state index contributed by atoms with van der Waals surface area (Å²) in [6.07, 6.45) is 3.91. The second-order valence-corrected chi connectivity index (χ2v) is 7.44. The van der Waals surface area contributed by atoms with Crippen LogP contribution in [0, 0.1) is 0 Å². The van der Waals surface area contributed by atoms with Gasteiger partial charge >= 0.3 is 0 Å². The van der Waals surface area contributed by atoms with Gasteiger partial charge in [0.1, 0.15) is 5.75 Å². The number of hydrogen-bond donors (Lipinski definition) is 2. The molecule has 2 heterocycles. The Morgan fingerprint density at radius 2 is 1.86 bits per heavy atom. The number of rotatable bonds is 5. The number of anilines is 1. The lowest BCUT2D eigenvalue weighted by molar-refractivity contribution is 0.161. The number of likely N-dealkylation sites (N-methyl/N-ethyl adjacent to an activating group) is 1. The molecule has 2 fully saturated rings. The number of para-hydroxylation sites is 2. The van der Waals surface area contributed by atoms with Crippen molar-refractivity contribution < 1.29 is 5.11 Å². The number of aromatic hydroxyl groups is 1. The Bertz CT molecular complexity index is 619. The minimum absolute atomic E-state index is 0. The zero-order valence-electron chi connectivity index (χ0n) is 17.3. The van der Waals surface area contributed by atoms with Crippen molar-refractivity contribution in [3.63, 3.8) is 0 Å². The average molecular weight is 501 g/mol. The zero-order valence-corrected chi connectivity index (χ0v) is 19.6. The molecular weight excluding hydrogens is 465 g/mol. The van der Waals surface area contributed by atoms with Crippen molar-refractivity contribution in [2.75, 3.05) is 57.3 Å². The summed E-state index contributed by atoms with van der Waals surface area (Å²) in [6, 6.07) is 8.19. The number of nitrogens with one attached hydrogen (secondary N) is 1. The second kappa shape index (κ2) is 11.7. The van der Waals surface area contributed by atoms with Crippen molar-refractivity contribution in [3.8, 4) is 5.75 Å². The third-order valence-electron chi connectivity index (χ3n) is 5.74. The molecule has 158 valence electrons. The second-order valence-electron chi connectivity index (χ2n) is 7.44. The van der Waals surface area contributed by atoms with E-state index in [1.165, 1.54) is 25.8 Å². The van der Waals surface area contributed by atoms with Crippen molar-refractivity contribution in [1.29, 1.82) is 0 Å². The van der Waals surface area contributed by atoms with E-state index < -0.39 is 0 Å². The fourth-order valence-corrected chi connectivity index (χ4v) is 4.19. The molecular formula is C21H36IN5O. The lowest BCUT2D eigenvalue weighted by Crippen LogP contribution is -2.53. The van der Waals surface area contributed by atoms with Crippen LogP contribution in [0.3, 0.4) is 0 Å². The van der Waals surface area contributed by atoms with Crippen LogP contribution in [0.2, 0.25) is 0 Å². The molecule has 1 atom stereocenters. The number of piperazine rings is 1. The van der Waals surface area contributed by atoms with Gasteiger partial charge in [-0.15, -0.1) is 24.0 Å². The van der Waals surface area contributed by atoms with Crippen LogP contribution in [0.1, 0.15) is 33.1 Å². The van der Waals surface area contributed by atoms with Crippen LogP contribution in [-0.2, 0) is 0 Å². The monoisotopic (exact) mass is 501 g/mol. The molecule has 2 saturated heterocycles. The van der Waals surface area contributed by atoms with Crippen molar-refractivity contribution in [2.24, 2.45) is 4.99 Å². The van der Waals surface area contributed by atoms with Crippen LogP contribution in [0.5, 0.6) is 5.75 Å². The Balaban J connectivity index is 0.00000280. The fraction of sp³-hybridized carbons (Fsp3) is 0.667. The first-order chi connectivity index (χ1) is 13.2. The summed E-state index contributed by atoms with van der Waals surface area (Å²) >= 11 is 0. The van der Waals surface area contributed by atoms with E-state index >= 15 is 0 Å². The first kappa shape index (κ1) is 23.1. The third kappa shape index (κ3) is 5.89. The SMILES string of the molecule is CCNC(=NCC1CCCCN1CC)N1CCN(c2ccccc2O)CC1.I. The smallest absolute Gasteiger partial charge is 0.194 e. The first-order valence-electron chi connectivity index (χ1n) is 10.5. The number of aliphatic imine (C=N–C) groups is 1. The van der Waals surface area contributed by atoms with E-state index in [2.05, 4.69) is 33.9 Å². The Labute approximate surface area is 187 Å². The maximum atomic E-state index is 10.1. The summed E-state index contributed by atoms with van der Waals surface area (Å²) in [4.78, 5) is 12.2. The lowest BCUT2D eigenvalue weighted by atomic mass is 10.0. The predicted molar refractivity (Wildman–Crippen MR) is 128 cm³/mol. The number of guanidine groups is 1. The van der Waals surface area contributed by atoms with Crippen LogP contribution >= 0.6 is 24.0 Å². The summed E-state index contributed by atoms with van der Waals surface area (Å²) in [5.41, 5.74) is 0.930. The molecule has 1 aromatic carbocycles. The largest absolute Gasteiger partial charge is 0.506 e. The maximum absolute atomic E-state index is 10.1. The Morgan fingerprint density at radius 1 is 1.11 bits per heavy atom. The highest BCUT2D eigenvalue weighted by molar-refractivity contribution is 14.0. The van der Waals surface area contributed by atoms with E-state index in [1.54, 1.807) is 6.07 Å². The number of nitrogens with zero attached hydrogens (tertiary/aromatic N) is 4. The average Bonchev–Trinajstić information content (AvgIpc) is 2.72. The number of hydrogen-bond acceptors (Lipinski definition) is 4. The number of benzene rings is 1. The van der Waals surface area contributed by atoms with Gasteiger partial charge in [0.05, 0.1) is 12.2 Å². The van der Waals surface area contributed by atoms with Crippen molar-refractivity contribution in [3.05, 3.63) is 24.3 Å². The van der Waals surface area contributed by atoms with Gasteiger partial charge < -0.3 is 20.2 Å². The van der Waals surface area contributed by atoms with Crippen molar-refractivity contribution in [2.45, 2.75) is 39.2 Å². The van der Waals surface area contributed by atoms with Gasteiger partial charge in [-0.05, 0) is 45.0 Å². The van der Waals surface area contributed by atoms with Crippen molar-refractivity contribution in [1.82, 2.24) is 15.1 Å². The molecule has 0 amide bonds. The zero-order chi connectivity index (χ0) is 19.1. The van der Waals surface area contributed by atoms with Gasteiger partial charge in [0, 0.05) is 38.8 Å². The molecule has 0 spiro atoms. The molecule has 2 aliphatic rings. The van der Waals surface area contributed by atoms with Gasteiger partial charge in [0.25, 0.3) is 0 Å². The van der Waals surface area contributed by atoms with E-state index in [9.17, 15) is 5.11 Å². The molecule has 0 saturated carbocycles. The molecule has 7 heteroatoms. The molecule has 1 aromatic rings. The van der Waals surface area contributed by atoms with Crippen LogP contribution < -0.4 is 10.2 Å². The summed E-state index contributed by atoms with van der Waals surface area (Å²) in [7, 11) is 0. The standard InChI is InChI=1S/C21H35N5O.HI/c1-3-22-21(23-17-18-9-7-8-12-24(18)4-2)26-15-13-25(14-16-26)19-10-5-6-11-20(19)27;/h5-6,10-11,18,27H,3-4,7-9,12-17H2,1-2H3,(H,22,23);1H. The molecule has 1 unspecified atom stereocenters. The van der Waals surface area contributed by atoms with Gasteiger partial charge in [-0.1, -0.05) is 25.5 Å². The van der Waals surface area contributed by atoms with Crippen LogP contribution in [-0.4, -0.2) is 79.3 Å². The van der Waals surface area contributed by atoms with Gasteiger partial charge in [0.2, 0.25) is 0 Å². The van der Waals surface area contributed by atoms with E-state index in [-0.39, 0.29) is 24.0 Å². The highest BCUT2D eigenvalue weighted by Gasteiger charge is 2.23. The van der Waals surface area contributed by atoms with Crippen molar-refractivity contribution >= 4 is 35.6 Å². The summed E-state index contributed by atoms with van der Waals surface area (Å²) in [5.74, 6) is 1.40. The van der Waals surface area contributed by atoms with Gasteiger partial charge in [-0.25, -0.2) is 0 Å². The molecule has 2 aliphatic heterocycles. The van der Waals surface area contributed by atoms with Crippen LogP contribution in [0.4, 0.5) is 5.69 Å². The third-order valence-corrected chi connectivity index (χ3v) is 5.74. The number of phenols is 1. The summed E-state index contributed by atoms with van der Waals surface area (Å²) < 4.78 is 0. The van der Waals surface area contributed by atoms with Gasteiger partial charge in [-0.2, -0.15) is 0 Å². The van der Waals surface area contributed by atoms with E-state index in [1.807, 2.05) is 18.2 Å².